The number of nitrogens with zero attached hydrogens (tertiary/aromatic N) is 3. The van der Waals surface area contributed by atoms with E-state index in [1.165, 1.54) is 11.3 Å². The zero-order valence-electron chi connectivity index (χ0n) is 7.60. The molecule has 0 aliphatic carbocycles. The van der Waals surface area contributed by atoms with Crippen LogP contribution in [0.4, 0.5) is 5.13 Å². The second-order valence-electron chi connectivity index (χ2n) is 2.46. The van der Waals surface area contributed by atoms with E-state index in [1.54, 1.807) is 12.2 Å². The van der Waals surface area contributed by atoms with E-state index < -0.39 is 0 Å². The van der Waals surface area contributed by atoms with Gasteiger partial charge in [-0.05, 0) is 0 Å². The van der Waals surface area contributed by atoms with E-state index in [-0.39, 0.29) is 5.92 Å². The van der Waals surface area contributed by atoms with Crippen LogP contribution >= 0.6 is 11.3 Å². The SMILES string of the molecule is C=CCNc1nnc(C(C#N)C=C)s1. The van der Waals surface area contributed by atoms with Crippen LogP contribution in [-0.2, 0) is 0 Å². The third-order valence-corrected chi connectivity index (χ3v) is 2.44. The minimum Gasteiger partial charge on any atom is -0.357 e. The van der Waals surface area contributed by atoms with Gasteiger partial charge in [-0.3, -0.25) is 0 Å². The number of nitriles is 1. The molecule has 1 aromatic rings. The molecule has 72 valence electrons. The highest BCUT2D eigenvalue weighted by Gasteiger charge is 2.11. The zero-order chi connectivity index (χ0) is 10.4. The average molecular weight is 206 g/mol. The smallest absolute Gasteiger partial charge is 0.205 e. The maximum absolute atomic E-state index is 8.75. The van der Waals surface area contributed by atoms with E-state index in [0.717, 1.165) is 0 Å². The first-order valence-corrected chi connectivity index (χ1v) is 4.83. The highest BCUT2D eigenvalue weighted by molar-refractivity contribution is 7.15. The molecule has 0 saturated heterocycles. The molecule has 0 aliphatic rings. The van der Waals surface area contributed by atoms with Crippen molar-refractivity contribution in [2.45, 2.75) is 5.92 Å². The number of allylic oxidation sites excluding steroid dienone is 1. The quantitative estimate of drug-likeness (QED) is 0.748. The summed E-state index contributed by atoms with van der Waals surface area (Å²) in [6.45, 7) is 7.77. The third-order valence-electron chi connectivity index (χ3n) is 1.48. The van der Waals surface area contributed by atoms with Crippen molar-refractivity contribution in [3.63, 3.8) is 0 Å². The number of nitrogens with one attached hydrogen (secondary N) is 1. The van der Waals surface area contributed by atoms with Gasteiger partial charge in [-0.2, -0.15) is 5.26 Å². The predicted octanol–water partition coefficient (Wildman–Crippen LogP) is 1.93. The number of hydrogen-bond donors (Lipinski definition) is 1. The van der Waals surface area contributed by atoms with Crippen molar-refractivity contribution in [2.75, 3.05) is 11.9 Å². The fourth-order valence-corrected chi connectivity index (χ4v) is 1.59. The Balaban J connectivity index is 2.72. The molecule has 1 heterocycles. The Labute approximate surface area is 86.6 Å². The molecule has 1 N–H and O–H groups in total. The summed E-state index contributed by atoms with van der Waals surface area (Å²) in [4.78, 5) is 0. The Bertz CT molecular complexity index is 363. The van der Waals surface area contributed by atoms with Gasteiger partial charge in [0.2, 0.25) is 5.13 Å². The van der Waals surface area contributed by atoms with E-state index in [1.807, 2.05) is 0 Å². The van der Waals surface area contributed by atoms with Crippen molar-refractivity contribution in [2.24, 2.45) is 0 Å². The molecular weight excluding hydrogens is 196 g/mol. The Kier molecular flexibility index (Phi) is 3.83. The number of aromatic nitrogens is 2. The van der Waals surface area contributed by atoms with Gasteiger partial charge in [0.05, 0.1) is 6.07 Å². The monoisotopic (exact) mass is 206 g/mol. The number of anilines is 1. The predicted molar refractivity (Wildman–Crippen MR) is 57.1 cm³/mol. The molecule has 1 unspecified atom stereocenters. The summed E-state index contributed by atoms with van der Waals surface area (Å²) in [6.07, 6.45) is 3.29. The first kappa shape index (κ1) is 10.4. The summed E-state index contributed by atoms with van der Waals surface area (Å²) in [5, 5.41) is 20.9. The number of hydrogen-bond acceptors (Lipinski definition) is 5. The second-order valence-corrected chi connectivity index (χ2v) is 3.47. The van der Waals surface area contributed by atoms with E-state index >= 15 is 0 Å². The van der Waals surface area contributed by atoms with Gasteiger partial charge < -0.3 is 5.32 Å². The molecule has 0 aromatic carbocycles. The van der Waals surface area contributed by atoms with Gasteiger partial charge in [-0.15, -0.1) is 23.4 Å². The van der Waals surface area contributed by atoms with Crippen molar-refractivity contribution < 1.29 is 0 Å². The van der Waals surface area contributed by atoms with Crippen LogP contribution in [0.15, 0.2) is 25.3 Å². The largest absolute Gasteiger partial charge is 0.357 e. The van der Waals surface area contributed by atoms with Gasteiger partial charge in [0.15, 0.2) is 0 Å². The van der Waals surface area contributed by atoms with Crippen LogP contribution < -0.4 is 5.32 Å². The fourth-order valence-electron chi connectivity index (χ4n) is 0.800. The molecule has 0 radical (unpaired) electrons. The molecule has 0 bridgehead atoms. The molecule has 1 atom stereocenters. The lowest BCUT2D eigenvalue weighted by atomic mass is 10.2. The van der Waals surface area contributed by atoms with Gasteiger partial charge in [0.1, 0.15) is 10.9 Å². The van der Waals surface area contributed by atoms with Crippen molar-refractivity contribution >= 4 is 16.5 Å². The lowest BCUT2D eigenvalue weighted by Crippen LogP contribution is -1.96. The summed E-state index contributed by atoms with van der Waals surface area (Å²) in [5.74, 6) is -0.369. The van der Waals surface area contributed by atoms with Gasteiger partial charge >= 0.3 is 0 Å². The fraction of sp³-hybridized carbons (Fsp3) is 0.222. The topological polar surface area (TPSA) is 61.6 Å². The molecule has 0 saturated carbocycles. The van der Waals surface area contributed by atoms with Crippen LogP contribution in [0.25, 0.3) is 0 Å². The van der Waals surface area contributed by atoms with Crippen LogP contribution in [0.3, 0.4) is 0 Å². The van der Waals surface area contributed by atoms with Crippen LogP contribution in [0.5, 0.6) is 0 Å². The van der Waals surface area contributed by atoms with Crippen molar-refractivity contribution in [3.8, 4) is 6.07 Å². The lowest BCUT2D eigenvalue weighted by Gasteiger charge is -1.94. The highest BCUT2D eigenvalue weighted by Crippen LogP contribution is 2.23. The lowest BCUT2D eigenvalue weighted by molar-refractivity contribution is 0.965. The van der Waals surface area contributed by atoms with E-state index in [2.05, 4.69) is 34.7 Å². The first-order valence-electron chi connectivity index (χ1n) is 4.02. The summed E-state index contributed by atoms with van der Waals surface area (Å²) in [6, 6.07) is 2.08. The van der Waals surface area contributed by atoms with E-state index in [4.69, 9.17) is 5.26 Å². The number of rotatable bonds is 5. The van der Waals surface area contributed by atoms with Crippen LogP contribution in [0.2, 0.25) is 0 Å². The maximum atomic E-state index is 8.75. The molecule has 0 aliphatic heterocycles. The van der Waals surface area contributed by atoms with Crippen molar-refractivity contribution in [3.05, 3.63) is 30.3 Å². The molecule has 1 aromatic heterocycles. The van der Waals surface area contributed by atoms with Gasteiger partial charge in [0, 0.05) is 6.54 Å². The van der Waals surface area contributed by atoms with E-state index in [9.17, 15) is 0 Å². The summed E-state index contributed by atoms with van der Waals surface area (Å²) < 4.78 is 0. The van der Waals surface area contributed by atoms with Crippen molar-refractivity contribution in [1.29, 1.82) is 5.26 Å². The molecule has 0 spiro atoms. The Morgan fingerprint density at radius 2 is 2.36 bits per heavy atom. The zero-order valence-corrected chi connectivity index (χ0v) is 8.42. The Hall–Kier alpha value is -1.67. The molecule has 0 fully saturated rings. The van der Waals surface area contributed by atoms with Crippen LogP contribution in [0, 0.1) is 11.3 Å². The summed E-state index contributed by atoms with van der Waals surface area (Å²) in [5.41, 5.74) is 0. The first-order chi connectivity index (χ1) is 6.81. The van der Waals surface area contributed by atoms with Crippen LogP contribution in [-0.4, -0.2) is 16.7 Å². The normalized spacial score (nSPS) is 11.4. The summed E-state index contributed by atoms with van der Waals surface area (Å²) in [7, 11) is 0. The Morgan fingerprint density at radius 3 is 2.93 bits per heavy atom. The highest BCUT2D eigenvalue weighted by atomic mass is 32.1. The molecular formula is C9H10N4S. The molecule has 0 amide bonds. The molecule has 14 heavy (non-hydrogen) atoms. The summed E-state index contributed by atoms with van der Waals surface area (Å²) >= 11 is 1.36. The minimum absolute atomic E-state index is 0.369. The molecule has 4 nitrogen and oxygen atoms in total. The van der Waals surface area contributed by atoms with Gasteiger partial charge in [-0.25, -0.2) is 0 Å². The van der Waals surface area contributed by atoms with Crippen LogP contribution in [0.1, 0.15) is 10.9 Å². The third kappa shape index (κ3) is 2.41. The average Bonchev–Trinajstić information content (AvgIpc) is 2.65. The second kappa shape index (κ2) is 5.14. The standard InChI is InChI=1S/C9H10N4S/c1-3-5-11-9-13-12-8(14-9)7(4-2)6-10/h3-4,7H,1-2,5H2,(H,11,13). The Morgan fingerprint density at radius 1 is 1.57 bits per heavy atom. The van der Waals surface area contributed by atoms with E-state index in [0.29, 0.717) is 16.7 Å². The molecule has 1 rings (SSSR count). The molecule has 5 heteroatoms. The van der Waals surface area contributed by atoms with Crippen molar-refractivity contribution in [1.82, 2.24) is 10.2 Å². The van der Waals surface area contributed by atoms with Gasteiger partial charge in [-0.1, -0.05) is 23.5 Å². The van der Waals surface area contributed by atoms with Gasteiger partial charge in [0.25, 0.3) is 0 Å². The maximum Gasteiger partial charge on any atom is 0.205 e. The minimum atomic E-state index is -0.369.